The highest BCUT2D eigenvalue weighted by Gasteiger charge is 2.08. The number of nitrogens with one attached hydrogen (secondary N) is 2. The maximum absolute atomic E-state index is 11.9. The quantitative estimate of drug-likeness (QED) is 0.695. The lowest BCUT2D eigenvalue weighted by Crippen LogP contribution is -2.17. The third kappa shape index (κ3) is 6.12. The number of hydrogen-bond acceptors (Lipinski definition) is 5. The molecule has 0 aliphatic rings. The Morgan fingerprint density at radius 3 is 2.74 bits per heavy atom. The first-order chi connectivity index (χ1) is 11.0. The Morgan fingerprint density at radius 1 is 1.48 bits per heavy atom. The average molecular weight is 321 g/mol. The molecular weight excluding hydrogens is 302 g/mol. The molecule has 124 valence electrons. The van der Waals surface area contributed by atoms with E-state index >= 15 is 0 Å². The fraction of sp³-hybridized carbons (Fsp3) is 0.357. The third-order valence-corrected chi connectivity index (χ3v) is 2.95. The van der Waals surface area contributed by atoms with Gasteiger partial charge in [-0.05, 0) is 25.8 Å². The van der Waals surface area contributed by atoms with Crippen LogP contribution < -0.4 is 10.9 Å². The molecular formula is C14H19N5O4. The molecule has 0 spiro atoms. The number of aryl methyl sites for hydroxylation is 3. The molecule has 0 aliphatic carbocycles. The van der Waals surface area contributed by atoms with Gasteiger partial charge in [-0.25, -0.2) is 4.98 Å². The summed E-state index contributed by atoms with van der Waals surface area (Å²) in [5.41, 5.74) is 1.94. The second-order valence-corrected chi connectivity index (χ2v) is 4.73. The number of H-pyrrole nitrogens is 1. The number of carbonyl (C=O) groups excluding carboxylic acids is 1. The Bertz CT molecular complexity index is 667. The summed E-state index contributed by atoms with van der Waals surface area (Å²) in [4.78, 5) is 38.0. The molecule has 9 nitrogen and oxygen atoms in total. The fourth-order valence-electron chi connectivity index (χ4n) is 1.99. The van der Waals surface area contributed by atoms with E-state index < -0.39 is 0 Å². The van der Waals surface area contributed by atoms with Gasteiger partial charge in [0.2, 0.25) is 11.5 Å². The lowest BCUT2D eigenvalue weighted by molar-refractivity contribution is -0.123. The van der Waals surface area contributed by atoms with Gasteiger partial charge in [0, 0.05) is 24.7 Å². The summed E-state index contributed by atoms with van der Waals surface area (Å²) < 4.78 is 1.68. The van der Waals surface area contributed by atoms with Crippen LogP contribution in [0.1, 0.15) is 24.1 Å². The Labute approximate surface area is 132 Å². The maximum atomic E-state index is 11.9. The van der Waals surface area contributed by atoms with E-state index in [0.717, 1.165) is 5.56 Å². The van der Waals surface area contributed by atoms with Gasteiger partial charge >= 0.3 is 0 Å². The van der Waals surface area contributed by atoms with E-state index in [-0.39, 0.29) is 17.9 Å². The van der Waals surface area contributed by atoms with Crippen molar-refractivity contribution in [2.75, 3.05) is 5.32 Å². The number of aromatic nitrogens is 4. The highest BCUT2D eigenvalue weighted by atomic mass is 16.3. The van der Waals surface area contributed by atoms with Gasteiger partial charge in [0.1, 0.15) is 12.7 Å². The second-order valence-electron chi connectivity index (χ2n) is 4.73. The van der Waals surface area contributed by atoms with E-state index in [9.17, 15) is 9.59 Å². The van der Waals surface area contributed by atoms with Crippen LogP contribution in [-0.4, -0.2) is 37.2 Å². The monoisotopic (exact) mass is 321 g/mol. The van der Waals surface area contributed by atoms with Gasteiger partial charge < -0.3 is 15.4 Å². The molecule has 0 aromatic carbocycles. The van der Waals surface area contributed by atoms with E-state index in [4.69, 9.17) is 9.90 Å². The summed E-state index contributed by atoms with van der Waals surface area (Å²) in [5.74, 6) is -0.0802. The Hall–Kier alpha value is -2.97. The first kappa shape index (κ1) is 18.1. The second kappa shape index (κ2) is 9.13. The predicted molar refractivity (Wildman–Crippen MR) is 83.1 cm³/mol. The number of pyridine rings is 1. The largest absolute Gasteiger partial charge is 0.483 e. The van der Waals surface area contributed by atoms with Crippen molar-refractivity contribution in [3.05, 3.63) is 40.3 Å². The van der Waals surface area contributed by atoms with Gasteiger partial charge in [0.25, 0.3) is 6.47 Å². The zero-order valence-corrected chi connectivity index (χ0v) is 12.9. The molecule has 0 saturated carbocycles. The summed E-state index contributed by atoms with van der Waals surface area (Å²) in [5, 5.41) is 13.7. The van der Waals surface area contributed by atoms with E-state index in [2.05, 4.69) is 20.4 Å². The molecule has 2 rings (SSSR count). The Morgan fingerprint density at radius 2 is 2.17 bits per heavy atom. The van der Waals surface area contributed by atoms with Gasteiger partial charge in [-0.2, -0.15) is 5.10 Å². The number of carbonyl (C=O) groups is 2. The van der Waals surface area contributed by atoms with Crippen LogP contribution in [0.25, 0.3) is 0 Å². The van der Waals surface area contributed by atoms with Gasteiger partial charge in [-0.15, -0.1) is 0 Å². The lowest BCUT2D eigenvalue weighted by atomic mass is 10.2. The average Bonchev–Trinajstić information content (AvgIpc) is 2.97. The summed E-state index contributed by atoms with van der Waals surface area (Å²) in [6.45, 7) is 3.96. The highest BCUT2D eigenvalue weighted by Crippen LogP contribution is 2.15. The SMILES string of the molecule is Cc1cc(=O)[nH]c(C)c1NC(=O)CCCn1cncn1.O=CO. The van der Waals surface area contributed by atoms with Crippen LogP contribution in [0, 0.1) is 13.8 Å². The van der Waals surface area contributed by atoms with Gasteiger partial charge in [-0.1, -0.05) is 0 Å². The van der Waals surface area contributed by atoms with E-state index in [1.807, 2.05) is 0 Å². The van der Waals surface area contributed by atoms with Crippen molar-refractivity contribution in [1.82, 2.24) is 19.7 Å². The molecule has 0 aliphatic heterocycles. The zero-order valence-electron chi connectivity index (χ0n) is 12.9. The molecule has 1 amide bonds. The summed E-state index contributed by atoms with van der Waals surface area (Å²) in [6, 6.07) is 1.47. The van der Waals surface area contributed by atoms with Crippen LogP contribution >= 0.6 is 0 Å². The third-order valence-electron chi connectivity index (χ3n) is 2.95. The van der Waals surface area contributed by atoms with Crippen LogP contribution in [0.5, 0.6) is 0 Å². The van der Waals surface area contributed by atoms with Crippen molar-refractivity contribution in [1.29, 1.82) is 0 Å². The number of amides is 1. The number of hydrogen-bond donors (Lipinski definition) is 3. The van der Waals surface area contributed by atoms with Crippen molar-refractivity contribution in [2.24, 2.45) is 0 Å². The first-order valence-corrected chi connectivity index (χ1v) is 6.88. The molecule has 23 heavy (non-hydrogen) atoms. The Kier molecular flexibility index (Phi) is 7.18. The van der Waals surface area contributed by atoms with Crippen molar-refractivity contribution >= 4 is 18.1 Å². The highest BCUT2D eigenvalue weighted by molar-refractivity contribution is 5.91. The summed E-state index contributed by atoms with van der Waals surface area (Å²) in [7, 11) is 0. The van der Waals surface area contributed by atoms with Crippen molar-refractivity contribution < 1.29 is 14.7 Å². The molecule has 0 saturated heterocycles. The molecule has 2 aromatic rings. The Balaban J connectivity index is 0.000000816. The summed E-state index contributed by atoms with van der Waals surface area (Å²) >= 11 is 0. The predicted octanol–water partition coefficient (Wildman–Crippen LogP) is 0.703. The van der Waals surface area contributed by atoms with Crippen LogP contribution in [0.15, 0.2) is 23.5 Å². The summed E-state index contributed by atoms with van der Waals surface area (Å²) in [6.07, 6.45) is 4.15. The molecule has 0 bridgehead atoms. The number of rotatable bonds is 5. The van der Waals surface area contributed by atoms with Crippen LogP contribution in [0.2, 0.25) is 0 Å². The van der Waals surface area contributed by atoms with Crippen molar-refractivity contribution in [3.63, 3.8) is 0 Å². The fourth-order valence-corrected chi connectivity index (χ4v) is 1.99. The van der Waals surface area contributed by atoms with E-state index in [1.165, 1.54) is 12.4 Å². The minimum absolute atomic E-state index is 0.0802. The molecule has 0 unspecified atom stereocenters. The molecule has 3 N–H and O–H groups in total. The number of carboxylic acid groups (broad SMARTS) is 1. The molecule has 0 radical (unpaired) electrons. The molecule has 0 fully saturated rings. The first-order valence-electron chi connectivity index (χ1n) is 6.88. The number of nitrogens with zero attached hydrogens (tertiary/aromatic N) is 3. The number of aromatic amines is 1. The molecule has 9 heteroatoms. The van der Waals surface area contributed by atoms with Crippen molar-refractivity contribution in [2.45, 2.75) is 33.2 Å². The maximum Gasteiger partial charge on any atom is 0.290 e. The van der Waals surface area contributed by atoms with E-state index in [0.29, 0.717) is 30.8 Å². The van der Waals surface area contributed by atoms with Crippen LogP contribution in [0.4, 0.5) is 5.69 Å². The smallest absolute Gasteiger partial charge is 0.290 e. The van der Waals surface area contributed by atoms with Gasteiger partial charge in [0.15, 0.2) is 0 Å². The van der Waals surface area contributed by atoms with E-state index in [1.54, 1.807) is 24.9 Å². The zero-order chi connectivity index (χ0) is 17.2. The lowest BCUT2D eigenvalue weighted by Gasteiger charge is -2.10. The normalized spacial score (nSPS) is 9.65. The molecule has 2 aromatic heterocycles. The minimum Gasteiger partial charge on any atom is -0.483 e. The molecule has 2 heterocycles. The number of anilines is 1. The minimum atomic E-state index is -0.250. The topological polar surface area (TPSA) is 130 Å². The van der Waals surface area contributed by atoms with Gasteiger partial charge in [0.05, 0.1) is 5.69 Å². The van der Waals surface area contributed by atoms with Crippen LogP contribution in [-0.2, 0) is 16.1 Å². The van der Waals surface area contributed by atoms with Crippen molar-refractivity contribution in [3.8, 4) is 0 Å². The van der Waals surface area contributed by atoms with Gasteiger partial charge in [-0.3, -0.25) is 19.1 Å². The standard InChI is InChI=1S/C13H17N5O2.CH2O2/c1-9-6-12(20)16-10(2)13(9)17-11(19)4-3-5-18-8-14-7-15-18;2-1-3/h6-8H,3-5H2,1-2H3,(H,16,20)(H,17,19);1H,(H,2,3). The van der Waals surface area contributed by atoms with Crippen LogP contribution in [0.3, 0.4) is 0 Å². The molecule has 0 atom stereocenters.